The Kier molecular flexibility index (Phi) is 5.64. The number of amides is 1. The van der Waals surface area contributed by atoms with E-state index in [0.717, 1.165) is 32.4 Å². The van der Waals surface area contributed by atoms with Gasteiger partial charge in [-0.25, -0.2) is 4.79 Å². The van der Waals surface area contributed by atoms with Crippen molar-refractivity contribution in [3.8, 4) is 0 Å². The monoisotopic (exact) mass is 285 g/mol. The molecule has 6 heteroatoms. The summed E-state index contributed by atoms with van der Waals surface area (Å²) in [6, 6.07) is 0. The van der Waals surface area contributed by atoms with Gasteiger partial charge in [0, 0.05) is 33.2 Å². The van der Waals surface area contributed by atoms with Gasteiger partial charge in [-0.1, -0.05) is 0 Å². The lowest BCUT2D eigenvalue weighted by Crippen LogP contribution is -2.39. The summed E-state index contributed by atoms with van der Waals surface area (Å²) in [4.78, 5) is 25.4. The van der Waals surface area contributed by atoms with E-state index in [0.29, 0.717) is 26.1 Å². The number of carbonyl (C=O) groups is 2. The molecule has 6 nitrogen and oxygen atoms in total. The van der Waals surface area contributed by atoms with E-state index in [1.54, 1.807) is 11.8 Å². The molecule has 0 saturated carbocycles. The van der Waals surface area contributed by atoms with Crippen LogP contribution in [0, 0.1) is 5.92 Å². The molecular weight excluding hydrogens is 262 g/mol. The lowest BCUT2D eigenvalue weighted by atomic mass is 10.0. The first-order chi connectivity index (χ1) is 9.66. The van der Waals surface area contributed by atoms with Crippen molar-refractivity contribution >= 4 is 12.1 Å². The molecule has 1 amide bonds. The molecule has 0 radical (unpaired) electrons. The van der Waals surface area contributed by atoms with Crippen molar-refractivity contribution in [1.29, 1.82) is 0 Å². The molecule has 0 bridgehead atoms. The molecule has 0 aromatic rings. The summed E-state index contributed by atoms with van der Waals surface area (Å²) < 4.78 is 15.6. The summed E-state index contributed by atoms with van der Waals surface area (Å²) in [5, 5.41) is 0. The SMILES string of the molecule is CC(OC(=O)C1CCOCC1)OC(=O)N1CCCCC1. The second-order valence-electron chi connectivity index (χ2n) is 5.32. The molecule has 0 aromatic heterocycles. The third kappa shape index (κ3) is 4.37. The molecular formula is C14H23NO5. The predicted octanol–water partition coefficient (Wildman–Crippen LogP) is 1.92. The normalized spacial score (nSPS) is 22.1. The third-order valence-electron chi connectivity index (χ3n) is 3.72. The van der Waals surface area contributed by atoms with Crippen LogP contribution >= 0.6 is 0 Å². The second kappa shape index (κ2) is 7.47. The highest BCUT2D eigenvalue weighted by Crippen LogP contribution is 2.18. The summed E-state index contributed by atoms with van der Waals surface area (Å²) in [5.41, 5.74) is 0. The molecule has 0 aromatic carbocycles. The van der Waals surface area contributed by atoms with Crippen LogP contribution in [0.5, 0.6) is 0 Å². The molecule has 2 rings (SSSR count). The molecule has 0 aliphatic carbocycles. The lowest BCUT2D eigenvalue weighted by molar-refractivity contribution is -0.174. The topological polar surface area (TPSA) is 65.1 Å². The van der Waals surface area contributed by atoms with E-state index in [4.69, 9.17) is 14.2 Å². The number of nitrogens with zero attached hydrogens (tertiary/aromatic N) is 1. The van der Waals surface area contributed by atoms with E-state index >= 15 is 0 Å². The molecule has 0 N–H and O–H groups in total. The Balaban J connectivity index is 1.72. The van der Waals surface area contributed by atoms with Gasteiger partial charge in [0.1, 0.15) is 0 Å². The number of ether oxygens (including phenoxy) is 3. The zero-order valence-corrected chi connectivity index (χ0v) is 12.0. The number of likely N-dealkylation sites (tertiary alicyclic amines) is 1. The highest BCUT2D eigenvalue weighted by molar-refractivity contribution is 5.73. The van der Waals surface area contributed by atoms with Crippen LogP contribution in [0.2, 0.25) is 0 Å². The van der Waals surface area contributed by atoms with E-state index in [9.17, 15) is 9.59 Å². The van der Waals surface area contributed by atoms with E-state index in [1.807, 2.05) is 0 Å². The zero-order valence-electron chi connectivity index (χ0n) is 12.0. The molecule has 0 spiro atoms. The quantitative estimate of drug-likeness (QED) is 0.585. The van der Waals surface area contributed by atoms with Gasteiger partial charge in [-0.3, -0.25) is 4.79 Å². The Labute approximate surface area is 119 Å². The minimum Gasteiger partial charge on any atom is -0.425 e. The van der Waals surface area contributed by atoms with Crippen molar-refractivity contribution < 1.29 is 23.8 Å². The number of carbonyl (C=O) groups excluding carboxylic acids is 2. The summed E-state index contributed by atoms with van der Waals surface area (Å²) >= 11 is 0. The third-order valence-corrected chi connectivity index (χ3v) is 3.72. The van der Waals surface area contributed by atoms with E-state index in [2.05, 4.69) is 0 Å². The molecule has 2 fully saturated rings. The summed E-state index contributed by atoms with van der Waals surface area (Å²) in [6.07, 6.45) is 3.28. The van der Waals surface area contributed by atoms with Crippen molar-refractivity contribution in [3.63, 3.8) is 0 Å². The van der Waals surface area contributed by atoms with Gasteiger partial charge >= 0.3 is 12.1 Å². The average Bonchev–Trinajstić information content (AvgIpc) is 2.49. The Morgan fingerprint density at radius 2 is 1.75 bits per heavy atom. The zero-order chi connectivity index (χ0) is 14.4. The highest BCUT2D eigenvalue weighted by atomic mass is 16.7. The maximum Gasteiger partial charge on any atom is 0.412 e. The van der Waals surface area contributed by atoms with E-state index in [1.165, 1.54) is 0 Å². The minimum atomic E-state index is -0.834. The Morgan fingerprint density at radius 1 is 1.10 bits per heavy atom. The molecule has 114 valence electrons. The van der Waals surface area contributed by atoms with Gasteiger partial charge < -0.3 is 19.1 Å². The van der Waals surface area contributed by atoms with Gasteiger partial charge in [0.05, 0.1) is 5.92 Å². The summed E-state index contributed by atoms with van der Waals surface area (Å²) in [7, 11) is 0. The number of rotatable bonds is 3. The first-order valence-electron chi connectivity index (χ1n) is 7.40. The fourth-order valence-electron chi connectivity index (χ4n) is 2.51. The standard InChI is InChI=1S/C14H23NO5/c1-11(19-13(16)12-5-9-18-10-6-12)20-14(17)15-7-3-2-4-8-15/h11-12H,2-10H2,1H3. The van der Waals surface area contributed by atoms with Gasteiger partial charge in [-0.15, -0.1) is 0 Å². The van der Waals surface area contributed by atoms with Crippen LogP contribution in [-0.2, 0) is 19.0 Å². The maximum atomic E-state index is 11.9. The van der Waals surface area contributed by atoms with Crippen LogP contribution in [0.1, 0.15) is 39.0 Å². The molecule has 1 unspecified atom stereocenters. The van der Waals surface area contributed by atoms with Crippen molar-refractivity contribution in [2.75, 3.05) is 26.3 Å². The van der Waals surface area contributed by atoms with Crippen molar-refractivity contribution in [3.05, 3.63) is 0 Å². The lowest BCUT2D eigenvalue weighted by Gasteiger charge is -2.28. The minimum absolute atomic E-state index is 0.139. The van der Waals surface area contributed by atoms with E-state index < -0.39 is 12.4 Å². The number of piperidine rings is 1. The van der Waals surface area contributed by atoms with Crippen LogP contribution in [0.4, 0.5) is 4.79 Å². The molecule has 1 atom stereocenters. The highest BCUT2D eigenvalue weighted by Gasteiger charge is 2.26. The van der Waals surface area contributed by atoms with Gasteiger partial charge in [0.15, 0.2) is 0 Å². The Morgan fingerprint density at radius 3 is 2.40 bits per heavy atom. The predicted molar refractivity (Wildman–Crippen MR) is 71.0 cm³/mol. The fourth-order valence-corrected chi connectivity index (χ4v) is 2.51. The average molecular weight is 285 g/mol. The fraction of sp³-hybridized carbons (Fsp3) is 0.857. The van der Waals surface area contributed by atoms with Gasteiger partial charge in [0.25, 0.3) is 0 Å². The molecule has 20 heavy (non-hydrogen) atoms. The smallest absolute Gasteiger partial charge is 0.412 e. The molecule has 2 aliphatic heterocycles. The van der Waals surface area contributed by atoms with Gasteiger partial charge in [-0.2, -0.15) is 0 Å². The van der Waals surface area contributed by atoms with Crippen molar-refractivity contribution in [2.45, 2.75) is 45.3 Å². The Hall–Kier alpha value is -1.30. The van der Waals surface area contributed by atoms with Crippen LogP contribution in [0.15, 0.2) is 0 Å². The summed E-state index contributed by atoms with van der Waals surface area (Å²) in [5.74, 6) is -0.438. The number of hydrogen-bond donors (Lipinski definition) is 0. The van der Waals surface area contributed by atoms with Crippen LogP contribution in [-0.4, -0.2) is 49.6 Å². The second-order valence-corrected chi connectivity index (χ2v) is 5.32. The van der Waals surface area contributed by atoms with Crippen LogP contribution in [0.25, 0.3) is 0 Å². The number of esters is 1. The summed E-state index contributed by atoms with van der Waals surface area (Å²) in [6.45, 7) is 4.20. The molecule has 2 heterocycles. The van der Waals surface area contributed by atoms with Gasteiger partial charge in [-0.05, 0) is 32.1 Å². The molecule has 2 saturated heterocycles. The van der Waals surface area contributed by atoms with Crippen LogP contribution < -0.4 is 0 Å². The first-order valence-corrected chi connectivity index (χ1v) is 7.40. The Bertz CT molecular complexity index is 302. The van der Waals surface area contributed by atoms with Crippen molar-refractivity contribution in [2.24, 2.45) is 5.92 Å². The first kappa shape index (κ1) is 15.1. The van der Waals surface area contributed by atoms with E-state index in [-0.39, 0.29) is 11.9 Å². The number of hydrogen-bond acceptors (Lipinski definition) is 5. The maximum absolute atomic E-state index is 11.9. The van der Waals surface area contributed by atoms with Crippen LogP contribution in [0.3, 0.4) is 0 Å². The molecule has 2 aliphatic rings. The largest absolute Gasteiger partial charge is 0.425 e. The van der Waals surface area contributed by atoms with Crippen molar-refractivity contribution in [1.82, 2.24) is 4.90 Å². The van der Waals surface area contributed by atoms with Gasteiger partial charge in [0.2, 0.25) is 6.29 Å².